The van der Waals surface area contributed by atoms with Gasteiger partial charge in [0, 0.05) is 22.3 Å². The average molecular weight is 778 g/mol. The number of benzene rings is 6. The Bertz CT molecular complexity index is 2230. The van der Waals surface area contributed by atoms with Crippen molar-refractivity contribution in [3.63, 3.8) is 0 Å². The zero-order valence-corrected chi connectivity index (χ0v) is 31.9. The molecule has 0 aromatic heterocycles. The lowest BCUT2D eigenvalue weighted by molar-refractivity contribution is -0.730. The van der Waals surface area contributed by atoms with E-state index in [1.807, 2.05) is 36.4 Å². The fourth-order valence-corrected chi connectivity index (χ4v) is 10.1. The van der Waals surface area contributed by atoms with Gasteiger partial charge in [0.15, 0.2) is 0 Å². The minimum atomic E-state index is -3.38. The minimum absolute atomic E-state index is 0. The van der Waals surface area contributed by atoms with Gasteiger partial charge in [-0.15, -0.1) is 0 Å². The van der Waals surface area contributed by atoms with Crippen molar-refractivity contribution in [2.24, 2.45) is 0 Å². The predicted octanol–water partition coefficient (Wildman–Crippen LogP) is -0.997. The van der Waals surface area contributed by atoms with Gasteiger partial charge in [-0.25, -0.2) is 26.3 Å². The fourth-order valence-electron chi connectivity index (χ4n) is 7.38. The third-order valence-electron chi connectivity index (χ3n) is 9.87. The van der Waals surface area contributed by atoms with Crippen molar-refractivity contribution in [1.82, 2.24) is 9.44 Å². The van der Waals surface area contributed by atoms with Gasteiger partial charge >= 0.3 is 0 Å². The predicted molar refractivity (Wildman–Crippen MR) is 197 cm³/mol. The van der Waals surface area contributed by atoms with Gasteiger partial charge in [0.1, 0.15) is 24.2 Å². The normalized spacial score (nSPS) is 19.3. The first-order valence-electron chi connectivity index (χ1n) is 16.9. The molecule has 6 N–H and O–H groups in total. The highest BCUT2D eigenvalue weighted by Crippen LogP contribution is 2.28. The van der Waals surface area contributed by atoms with E-state index in [-0.39, 0.29) is 49.0 Å². The van der Waals surface area contributed by atoms with Crippen LogP contribution in [-0.4, -0.2) is 29.9 Å². The molecule has 6 aromatic rings. The number of quaternary nitrogens is 2. The van der Waals surface area contributed by atoms with E-state index in [4.69, 9.17) is 0 Å². The number of hydrogen-bond donors (Lipinski definition) is 4. The molecule has 0 spiro atoms. The summed E-state index contributed by atoms with van der Waals surface area (Å²) in [5.41, 5.74) is 4.30. The number of nitrogens with two attached hydrogens (primary N) is 2. The summed E-state index contributed by atoms with van der Waals surface area (Å²) in [5, 5.41) is 9.46. The number of sulfonamides is 2. The monoisotopic (exact) mass is 776 g/mol. The fraction of sp³-hybridized carbons (Fsp3) is 0.200. The van der Waals surface area contributed by atoms with E-state index in [1.165, 1.54) is 32.7 Å². The number of rotatable bonds is 6. The first-order chi connectivity index (χ1) is 24.1. The van der Waals surface area contributed by atoms with E-state index >= 15 is 0 Å². The van der Waals surface area contributed by atoms with Crippen LogP contribution in [-0.2, 0) is 20.0 Å². The highest BCUT2D eigenvalue weighted by molar-refractivity contribution is 7.89. The SMILES string of the molecule is C[C@@H]([NH2+][C@@H]1CNS(=O)(=O)c2ccccc21)c1cccc2ccccc12.C[C@@H]([NH2+][C@@H]1CNS(=O)(=O)c2ccccc21)c1cccc2ccccc12.[Cl-].[Cl-]. The summed E-state index contributed by atoms with van der Waals surface area (Å²) < 4.78 is 54.3. The molecule has 0 bridgehead atoms. The van der Waals surface area contributed by atoms with Crippen LogP contribution in [0, 0.1) is 0 Å². The molecule has 2 aliphatic rings. The Hall–Kier alpha value is -3.84. The van der Waals surface area contributed by atoms with Crippen molar-refractivity contribution in [3.8, 4) is 0 Å². The molecule has 2 aliphatic heterocycles. The third-order valence-corrected chi connectivity index (χ3v) is 12.9. The van der Waals surface area contributed by atoms with E-state index in [0.29, 0.717) is 22.9 Å². The topological polar surface area (TPSA) is 126 Å². The van der Waals surface area contributed by atoms with Gasteiger partial charge in [0.25, 0.3) is 0 Å². The minimum Gasteiger partial charge on any atom is -1.00 e. The molecule has 8 nitrogen and oxygen atoms in total. The Kier molecular flexibility index (Phi) is 12.5. The van der Waals surface area contributed by atoms with Gasteiger partial charge in [-0.05, 0) is 47.5 Å². The zero-order valence-electron chi connectivity index (χ0n) is 28.8. The average Bonchev–Trinajstić information content (AvgIpc) is 3.14. The molecule has 2 heterocycles. The lowest BCUT2D eigenvalue weighted by Gasteiger charge is -2.27. The summed E-state index contributed by atoms with van der Waals surface area (Å²) in [7, 11) is -6.76. The maximum atomic E-state index is 12.2. The van der Waals surface area contributed by atoms with Crippen LogP contribution >= 0.6 is 0 Å². The van der Waals surface area contributed by atoms with Crippen LogP contribution in [0.3, 0.4) is 0 Å². The summed E-state index contributed by atoms with van der Waals surface area (Å²) in [6.45, 7) is 5.17. The second kappa shape index (κ2) is 16.4. The molecule has 8 rings (SSSR count). The molecule has 6 aromatic carbocycles. The van der Waals surface area contributed by atoms with Crippen molar-refractivity contribution < 1.29 is 52.3 Å². The molecule has 0 fully saturated rings. The number of hydrogen-bond acceptors (Lipinski definition) is 4. The van der Waals surface area contributed by atoms with Crippen molar-refractivity contribution in [2.75, 3.05) is 13.1 Å². The number of halogens is 2. The summed E-state index contributed by atoms with van der Waals surface area (Å²) >= 11 is 0. The van der Waals surface area contributed by atoms with Gasteiger partial charge in [-0.1, -0.05) is 121 Å². The zero-order chi connectivity index (χ0) is 34.9. The third kappa shape index (κ3) is 8.05. The molecule has 0 saturated carbocycles. The number of nitrogens with one attached hydrogen (secondary N) is 2. The van der Waals surface area contributed by atoms with Crippen LogP contribution in [0.5, 0.6) is 0 Å². The molecule has 0 unspecified atom stereocenters. The number of fused-ring (bicyclic) bond motifs is 4. The van der Waals surface area contributed by atoms with Crippen molar-refractivity contribution >= 4 is 41.6 Å². The highest BCUT2D eigenvalue weighted by atomic mass is 35.5. The van der Waals surface area contributed by atoms with Crippen molar-refractivity contribution in [2.45, 2.75) is 47.8 Å². The second-order valence-corrected chi connectivity index (χ2v) is 16.6. The Morgan fingerprint density at radius 2 is 0.846 bits per heavy atom. The smallest absolute Gasteiger partial charge is 0.241 e. The van der Waals surface area contributed by atoms with Crippen molar-refractivity contribution in [1.29, 1.82) is 0 Å². The lowest BCUT2D eigenvalue weighted by atomic mass is 9.98. The quantitative estimate of drug-likeness (QED) is 0.173. The molecule has 4 atom stereocenters. The van der Waals surface area contributed by atoms with Crippen LogP contribution < -0.4 is 44.9 Å². The second-order valence-electron chi connectivity index (χ2n) is 13.1. The molecular formula is C40H42Cl2N4O4S2. The molecule has 0 aliphatic carbocycles. The Labute approximate surface area is 318 Å². The van der Waals surface area contributed by atoms with E-state index in [1.54, 1.807) is 24.3 Å². The van der Waals surface area contributed by atoms with E-state index in [9.17, 15) is 16.8 Å². The molecular weight excluding hydrogens is 736 g/mol. The Morgan fingerprint density at radius 1 is 0.500 bits per heavy atom. The first-order valence-corrected chi connectivity index (χ1v) is 19.9. The Balaban J connectivity index is 0.000000194. The van der Waals surface area contributed by atoms with Gasteiger partial charge < -0.3 is 35.4 Å². The van der Waals surface area contributed by atoms with Crippen LogP contribution in [0.2, 0.25) is 0 Å². The molecule has 0 saturated heterocycles. The standard InChI is InChI=1S/2C20H20N2O2S.2ClH/c2*1-14(16-11-6-8-15-7-2-3-9-17(15)16)22-19-13-21-25(23,24)20-12-5-4-10-18(19)20;;/h2*2-12,14,19,21-22H,13H2,1H3;2*1H/t2*14-,19-;;/m11../s1. The first kappa shape index (κ1) is 39.4. The van der Waals surface area contributed by atoms with Crippen LogP contribution in [0.1, 0.15) is 60.3 Å². The highest BCUT2D eigenvalue weighted by Gasteiger charge is 2.34. The van der Waals surface area contributed by atoms with E-state index < -0.39 is 20.0 Å². The molecule has 12 heteroatoms. The summed E-state index contributed by atoms with van der Waals surface area (Å²) in [6, 6.07) is 44.6. The molecule has 0 radical (unpaired) electrons. The van der Waals surface area contributed by atoms with Crippen molar-refractivity contribution in [3.05, 3.63) is 156 Å². The molecule has 0 amide bonds. The van der Waals surface area contributed by atoms with Gasteiger partial charge in [-0.3, -0.25) is 0 Å². The summed E-state index contributed by atoms with van der Waals surface area (Å²) in [6.07, 6.45) is 0. The lowest BCUT2D eigenvalue weighted by Crippen LogP contribution is -3.00. The van der Waals surface area contributed by atoms with Gasteiger partial charge in [-0.2, -0.15) is 0 Å². The maximum absolute atomic E-state index is 12.2. The molecule has 272 valence electrons. The van der Waals surface area contributed by atoms with Gasteiger partial charge in [0.2, 0.25) is 20.0 Å². The largest absolute Gasteiger partial charge is 1.00 e. The van der Waals surface area contributed by atoms with Crippen LogP contribution in [0.4, 0.5) is 0 Å². The van der Waals surface area contributed by atoms with Crippen LogP contribution in [0.25, 0.3) is 21.5 Å². The maximum Gasteiger partial charge on any atom is 0.241 e. The van der Waals surface area contributed by atoms with Crippen LogP contribution in [0.15, 0.2) is 143 Å². The summed E-state index contributed by atoms with van der Waals surface area (Å²) in [5.74, 6) is 0. The Morgan fingerprint density at radius 3 is 1.27 bits per heavy atom. The van der Waals surface area contributed by atoms with E-state index in [2.05, 4.69) is 107 Å². The summed E-state index contributed by atoms with van der Waals surface area (Å²) in [4.78, 5) is 0.792. The molecule has 52 heavy (non-hydrogen) atoms. The van der Waals surface area contributed by atoms with Gasteiger partial charge in [0.05, 0.1) is 22.9 Å². The van der Waals surface area contributed by atoms with E-state index in [0.717, 1.165) is 11.1 Å².